The molecule has 0 aliphatic rings. The molecule has 0 saturated heterocycles. The Bertz CT molecular complexity index is 398. The summed E-state index contributed by atoms with van der Waals surface area (Å²) in [5.41, 5.74) is 0.774. The van der Waals surface area contributed by atoms with Crippen LogP contribution < -0.4 is 5.32 Å². The first-order valence-electron chi connectivity index (χ1n) is 5.33. The number of carbonyl (C=O) groups excluding carboxylic acids is 2. The van der Waals surface area contributed by atoms with Crippen molar-refractivity contribution in [2.75, 3.05) is 20.4 Å². The normalized spacial score (nSPS) is 13.7. The second-order valence-electron chi connectivity index (χ2n) is 3.53. The van der Waals surface area contributed by atoms with Gasteiger partial charge in [-0.1, -0.05) is 0 Å². The van der Waals surface area contributed by atoms with Crippen LogP contribution in [0.25, 0.3) is 0 Å². The average Bonchev–Trinajstić information content (AvgIpc) is 2.40. The predicted molar refractivity (Wildman–Crippen MR) is 65.9 cm³/mol. The van der Waals surface area contributed by atoms with Crippen molar-refractivity contribution in [3.8, 4) is 0 Å². The molecule has 5 nitrogen and oxygen atoms in total. The van der Waals surface area contributed by atoms with Crippen molar-refractivity contribution in [2.45, 2.75) is 3.16 Å². The van der Waals surface area contributed by atoms with Crippen LogP contribution in [0.3, 0.4) is 0 Å². The maximum absolute atomic E-state index is 11.2. The van der Waals surface area contributed by atoms with Gasteiger partial charge in [-0.25, -0.2) is 0 Å². The first-order chi connectivity index (χ1) is 8.62. The van der Waals surface area contributed by atoms with Gasteiger partial charge in [0.05, 0.1) is 0 Å². The van der Waals surface area contributed by atoms with Gasteiger partial charge in [0.1, 0.15) is 0 Å². The van der Waals surface area contributed by atoms with E-state index in [2.05, 4.69) is 5.32 Å². The zero-order valence-corrected chi connectivity index (χ0v) is 13.9. The van der Waals surface area contributed by atoms with Crippen LogP contribution in [0.4, 0.5) is 0 Å². The molecule has 1 rings (SSSR count). The zero-order valence-electron chi connectivity index (χ0n) is 10.0. The van der Waals surface area contributed by atoms with Gasteiger partial charge in [-0.3, -0.25) is 0 Å². The Morgan fingerprint density at radius 3 is 2.67 bits per heavy atom. The van der Waals surface area contributed by atoms with Gasteiger partial charge in [-0.2, -0.15) is 0 Å². The Morgan fingerprint density at radius 1 is 1.44 bits per heavy atom. The van der Waals surface area contributed by atoms with E-state index in [1.54, 1.807) is 7.05 Å². The fourth-order valence-electron chi connectivity index (χ4n) is 1.25. The molecule has 0 aliphatic carbocycles. The third-order valence-electron chi connectivity index (χ3n) is 2.20. The van der Waals surface area contributed by atoms with Crippen LogP contribution in [-0.2, 0) is 22.2 Å². The van der Waals surface area contributed by atoms with Crippen molar-refractivity contribution in [3.05, 3.63) is 35.9 Å². The molecule has 1 N–H and O–H groups in total. The van der Waals surface area contributed by atoms with E-state index in [1.807, 2.05) is 30.3 Å². The van der Waals surface area contributed by atoms with Gasteiger partial charge >= 0.3 is 122 Å². The first-order valence-corrected chi connectivity index (χ1v) is 7.28. The third kappa shape index (κ3) is 4.47. The van der Waals surface area contributed by atoms with E-state index >= 15 is 0 Å². The number of likely N-dealkylation sites (N-methyl/N-ethyl adjacent to an activating group) is 1. The SMILES string of the molecule is CNCC(=O)OCO[C]([Pb])(C=O)c1ccccc1. The van der Waals surface area contributed by atoms with E-state index in [1.165, 1.54) is 0 Å². The second kappa shape index (κ2) is 7.60. The number of rotatable bonds is 7. The van der Waals surface area contributed by atoms with E-state index in [0.717, 1.165) is 11.8 Å². The van der Waals surface area contributed by atoms with Gasteiger partial charge in [0.2, 0.25) is 0 Å². The molecule has 1 unspecified atom stereocenters. The molecule has 1 atom stereocenters. The zero-order chi connectivity index (χ0) is 13.4. The van der Waals surface area contributed by atoms with Gasteiger partial charge in [-0.05, 0) is 0 Å². The summed E-state index contributed by atoms with van der Waals surface area (Å²) in [7, 11) is 1.65. The monoisotopic (exact) mass is 444 g/mol. The number of hydrogen-bond acceptors (Lipinski definition) is 5. The number of aldehydes is 1. The van der Waals surface area contributed by atoms with Crippen molar-refractivity contribution in [2.24, 2.45) is 0 Å². The first kappa shape index (κ1) is 15.3. The van der Waals surface area contributed by atoms with Crippen LogP contribution in [-0.4, -0.2) is 58.4 Å². The number of benzene rings is 1. The van der Waals surface area contributed by atoms with Crippen molar-refractivity contribution in [1.29, 1.82) is 0 Å². The van der Waals surface area contributed by atoms with E-state index in [4.69, 9.17) is 9.47 Å². The van der Waals surface area contributed by atoms with Crippen LogP contribution in [0.5, 0.6) is 0 Å². The minimum absolute atomic E-state index is 0.115. The van der Waals surface area contributed by atoms with Crippen LogP contribution in [0.2, 0.25) is 0 Å². The van der Waals surface area contributed by atoms with Crippen molar-refractivity contribution in [3.63, 3.8) is 0 Å². The maximum atomic E-state index is 11.2. The summed E-state index contributed by atoms with van der Waals surface area (Å²) in [5, 5.41) is 2.67. The molecule has 3 radical (unpaired) electrons. The summed E-state index contributed by atoms with van der Waals surface area (Å²) in [6.07, 6.45) is 0.750. The number of nitrogens with one attached hydrogen (secondary N) is 1. The summed E-state index contributed by atoms with van der Waals surface area (Å²) in [4.78, 5) is 22.3. The molecular formula is C12H14NO4Pb. The summed E-state index contributed by atoms with van der Waals surface area (Å²) in [5.74, 6) is -0.416. The second-order valence-corrected chi connectivity index (χ2v) is 6.42. The molecule has 0 aromatic heterocycles. The summed E-state index contributed by atoms with van der Waals surface area (Å²) >= 11 is 0.472. The Labute approximate surface area is 122 Å². The molecule has 0 aliphatic heterocycles. The van der Waals surface area contributed by atoms with Gasteiger partial charge in [0.25, 0.3) is 0 Å². The Morgan fingerprint density at radius 2 is 2.11 bits per heavy atom. The van der Waals surface area contributed by atoms with Crippen molar-refractivity contribution >= 4 is 38.0 Å². The fourth-order valence-corrected chi connectivity index (χ4v) is 2.13. The molecule has 0 heterocycles. The van der Waals surface area contributed by atoms with E-state index in [0.29, 0.717) is 25.8 Å². The predicted octanol–water partition coefficient (Wildman–Crippen LogP) is -0.0565. The van der Waals surface area contributed by atoms with E-state index in [-0.39, 0.29) is 13.3 Å². The molecule has 0 bridgehead atoms. The number of carbonyl (C=O) groups is 2. The van der Waals surface area contributed by atoms with Gasteiger partial charge in [0, 0.05) is 0 Å². The quantitative estimate of drug-likeness (QED) is 0.277. The van der Waals surface area contributed by atoms with Gasteiger partial charge in [0.15, 0.2) is 0 Å². The summed E-state index contributed by atoms with van der Waals surface area (Å²) < 4.78 is 9.27. The van der Waals surface area contributed by atoms with Gasteiger partial charge < -0.3 is 0 Å². The van der Waals surface area contributed by atoms with Crippen LogP contribution in [0, 0.1) is 0 Å². The van der Waals surface area contributed by atoms with Gasteiger partial charge in [-0.15, -0.1) is 0 Å². The third-order valence-corrected chi connectivity index (χ3v) is 4.34. The van der Waals surface area contributed by atoms with Crippen LogP contribution in [0.1, 0.15) is 5.56 Å². The molecular weight excluding hydrogens is 429 g/mol. The molecule has 0 saturated carbocycles. The minimum atomic E-state index is -0.971. The van der Waals surface area contributed by atoms with E-state index in [9.17, 15) is 9.59 Å². The molecule has 0 fully saturated rings. The number of esters is 1. The van der Waals surface area contributed by atoms with Crippen LogP contribution in [0.15, 0.2) is 30.3 Å². The average molecular weight is 443 g/mol. The summed E-state index contributed by atoms with van der Waals surface area (Å²) in [6, 6.07) is 9.17. The molecule has 95 valence electrons. The molecule has 0 spiro atoms. The van der Waals surface area contributed by atoms with Crippen molar-refractivity contribution in [1.82, 2.24) is 5.32 Å². The summed E-state index contributed by atoms with van der Waals surface area (Å²) in [6.45, 7) is -0.110. The Balaban J connectivity index is 2.56. The van der Waals surface area contributed by atoms with E-state index < -0.39 is 9.13 Å². The molecule has 6 heteroatoms. The Hall–Kier alpha value is -0.798. The standard InChI is InChI=1S/C12H14NO4.Pb/c1-13-7-12(15)17-9-16-11(8-14)10-5-3-2-4-6-10;/h2-6,8,13H,7,9H2,1H3;. The Kier molecular flexibility index (Phi) is 6.44. The molecule has 18 heavy (non-hydrogen) atoms. The molecule has 1 aromatic carbocycles. The van der Waals surface area contributed by atoms with Crippen molar-refractivity contribution < 1.29 is 19.1 Å². The van der Waals surface area contributed by atoms with Crippen LogP contribution >= 0.6 is 0 Å². The number of ether oxygens (including phenoxy) is 2. The number of hydrogen-bond donors (Lipinski definition) is 1. The molecule has 1 aromatic rings. The fraction of sp³-hybridized carbons (Fsp3) is 0.333. The topological polar surface area (TPSA) is 64.6 Å². The molecule has 0 amide bonds.